The quantitative estimate of drug-likeness (QED) is 0.840. The van der Waals surface area contributed by atoms with Gasteiger partial charge in [0.05, 0.1) is 0 Å². The fraction of sp³-hybridized carbons (Fsp3) is 0.538. The highest BCUT2D eigenvalue weighted by Gasteiger charge is 2.25. The van der Waals surface area contributed by atoms with E-state index in [2.05, 4.69) is 0 Å². The molecule has 0 bridgehead atoms. The lowest BCUT2D eigenvalue weighted by Gasteiger charge is -2.22. The third kappa shape index (κ3) is 2.24. The van der Waals surface area contributed by atoms with Crippen LogP contribution < -0.4 is 5.73 Å². The summed E-state index contributed by atoms with van der Waals surface area (Å²) in [6.07, 6.45) is 4.76. The molecule has 1 aliphatic carbocycles. The Morgan fingerprint density at radius 1 is 1.19 bits per heavy atom. The Hall–Kier alpha value is -0.960. The summed E-state index contributed by atoms with van der Waals surface area (Å²) in [5, 5.41) is 0. The van der Waals surface area contributed by atoms with E-state index in [-0.39, 0.29) is 5.92 Å². The van der Waals surface area contributed by atoms with Crippen molar-refractivity contribution >= 4 is 0 Å². The molecule has 2 rings (SSSR count). The fourth-order valence-corrected chi connectivity index (χ4v) is 2.70. The van der Waals surface area contributed by atoms with E-state index in [1.54, 1.807) is 6.07 Å². The lowest BCUT2D eigenvalue weighted by Crippen LogP contribution is -2.20. The fourth-order valence-electron chi connectivity index (χ4n) is 2.70. The van der Waals surface area contributed by atoms with Crippen LogP contribution in [0.4, 0.5) is 8.78 Å². The summed E-state index contributed by atoms with van der Waals surface area (Å²) in [7, 11) is 0. The average Bonchev–Trinajstić information content (AvgIpc) is 2.78. The van der Waals surface area contributed by atoms with Gasteiger partial charge >= 0.3 is 0 Å². The molecule has 1 aromatic carbocycles. The number of rotatable bonds is 3. The molecule has 1 nitrogen and oxygen atoms in total. The van der Waals surface area contributed by atoms with Crippen LogP contribution in [0.3, 0.4) is 0 Å². The SMILES string of the molecule is NCC(c1ccc(F)c(F)c1)C1CCCC1. The van der Waals surface area contributed by atoms with Crippen molar-refractivity contribution in [1.82, 2.24) is 0 Å². The molecule has 1 aromatic rings. The Kier molecular flexibility index (Phi) is 3.54. The summed E-state index contributed by atoms with van der Waals surface area (Å²) in [5.41, 5.74) is 6.60. The molecular weight excluding hydrogens is 208 g/mol. The average molecular weight is 225 g/mol. The Labute approximate surface area is 94.7 Å². The number of nitrogens with two attached hydrogens (primary N) is 1. The molecule has 1 atom stereocenters. The zero-order valence-corrected chi connectivity index (χ0v) is 9.26. The molecule has 3 heteroatoms. The molecule has 1 fully saturated rings. The van der Waals surface area contributed by atoms with Crippen molar-refractivity contribution in [1.29, 1.82) is 0 Å². The van der Waals surface area contributed by atoms with Crippen LogP contribution in [0.5, 0.6) is 0 Å². The van der Waals surface area contributed by atoms with Crippen LogP contribution in [-0.2, 0) is 0 Å². The first-order chi connectivity index (χ1) is 7.72. The second-order valence-electron chi connectivity index (χ2n) is 4.56. The van der Waals surface area contributed by atoms with E-state index in [1.165, 1.54) is 25.0 Å². The minimum Gasteiger partial charge on any atom is -0.330 e. The maximum absolute atomic E-state index is 13.1. The molecule has 0 aromatic heterocycles. The largest absolute Gasteiger partial charge is 0.330 e. The molecule has 1 unspecified atom stereocenters. The van der Waals surface area contributed by atoms with Gasteiger partial charge in [-0.15, -0.1) is 0 Å². The van der Waals surface area contributed by atoms with Gasteiger partial charge in [0, 0.05) is 0 Å². The predicted octanol–water partition coefficient (Wildman–Crippen LogP) is 3.20. The molecule has 0 saturated heterocycles. The summed E-state index contributed by atoms with van der Waals surface area (Å²) < 4.78 is 26.0. The standard InChI is InChI=1S/C13H17F2N/c14-12-6-5-10(7-13(12)15)11(8-16)9-3-1-2-4-9/h5-7,9,11H,1-4,8,16H2. The van der Waals surface area contributed by atoms with Crippen molar-refractivity contribution in [3.63, 3.8) is 0 Å². The van der Waals surface area contributed by atoms with Crippen molar-refractivity contribution in [2.24, 2.45) is 11.7 Å². The first-order valence-corrected chi connectivity index (χ1v) is 5.87. The highest BCUT2D eigenvalue weighted by molar-refractivity contribution is 5.23. The minimum absolute atomic E-state index is 0.178. The smallest absolute Gasteiger partial charge is 0.159 e. The highest BCUT2D eigenvalue weighted by atomic mass is 19.2. The lowest BCUT2D eigenvalue weighted by atomic mass is 9.85. The van der Waals surface area contributed by atoms with Crippen molar-refractivity contribution in [3.05, 3.63) is 35.4 Å². The van der Waals surface area contributed by atoms with Crippen molar-refractivity contribution in [3.8, 4) is 0 Å². The van der Waals surface area contributed by atoms with E-state index < -0.39 is 11.6 Å². The van der Waals surface area contributed by atoms with Gasteiger partial charge in [-0.2, -0.15) is 0 Å². The Morgan fingerprint density at radius 3 is 2.44 bits per heavy atom. The Bertz CT molecular complexity index is 359. The zero-order valence-electron chi connectivity index (χ0n) is 9.26. The van der Waals surface area contributed by atoms with Gasteiger partial charge in [0.1, 0.15) is 0 Å². The summed E-state index contributed by atoms with van der Waals surface area (Å²) in [5.74, 6) is -0.840. The monoisotopic (exact) mass is 225 g/mol. The molecule has 0 spiro atoms. The van der Waals surface area contributed by atoms with E-state index in [9.17, 15) is 8.78 Å². The summed E-state index contributed by atoms with van der Waals surface area (Å²) in [4.78, 5) is 0. The van der Waals surface area contributed by atoms with E-state index in [1.807, 2.05) is 0 Å². The Balaban J connectivity index is 2.22. The van der Waals surface area contributed by atoms with Crippen LogP contribution >= 0.6 is 0 Å². The lowest BCUT2D eigenvalue weighted by molar-refractivity contribution is 0.435. The van der Waals surface area contributed by atoms with Gasteiger partial charge < -0.3 is 5.73 Å². The van der Waals surface area contributed by atoms with Gasteiger partial charge in [-0.3, -0.25) is 0 Å². The van der Waals surface area contributed by atoms with Crippen LogP contribution in [0.25, 0.3) is 0 Å². The van der Waals surface area contributed by atoms with Crippen molar-refractivity contribution in [2.45, 2.75) is 31.6 Å². The van der Waals surface area contributed by atoms with E-state index in [0.717, 1.165) is 18.4 Å². The first-order valence-electron chi connectivity index (χ1n) is 5.87. The van der Waals surface area contributed by atoms with E-state index in [4.69, 9.17) is 5.73 Å². The predicted molar refractivity (Wildman–Crippen MR) is 60.1 cm³/mol. The Morgan fingerprint density at radius 2 is 1.88 bits per heavy atom. The number of halogens is 2. The molecule has 0 heterocycles. The number of hydrogen-bond acceptors (Lipinski definition) is 1. The third-order valence-electron chi connectivity index (χ3n) is 3.59. The van der Waals surface area contributed by atoms with Gasteiger partial charge in [0.25, 0.3) is 0 Å². The van der Waals surface area contributed by atoms with Crippen molar-refractivity contribution in [2.75, 3.05) is 6.54 Å². The van der Waals surface area contributed by atoms with Gasteiger partial charge in [-0.1, -0.05) is 18.9 Å². The normalized spacial score (nSPS) is 18.9. The van der Waals surface area contributed by atoms with E-state index >= 15 is 0 Å². The van der Waals surface area contributed by atoms with Crippen LogP contribution in [0.2, 0.25) is 0 Å². The molecule has 16 heavy (non-hydrogen) atoms. The van der Waals surface area contributed by atoms with Gasteiger partial charge in [-0.05, 0) is 48.9 Å². The molecule has 0 aliphatic heterocycles. The van der Waals surface area contributed by atoms with Gasteiger partial charge in [0.2, 0.25) is 0 Å². The summed E-state index contributed by atoms with van der Waals surface area (Å²) in [6.45, 7) is 0.510. The number of hydrogen-bond donors (Lipinski definition) is 1. The molecule has 2 N–H and O–H groups in total. The summed E-state index contributed by atoms with van der Waals surface area (Å²) >= 11 is 0. The molecular formula is C13H17F2N. The summed E-state index contributed by atoms with van der Waals surface area (Å²) in [6, 6.07) is 4.15. The molecule has 0 radical (unpaired) electrons. The molecule has 1 saturated carbocycles. The first kappa shape index (κ1) is 11.5. The van der Waals surface area contributed by atoms with Crippen LogP contribution in [-0.4, -0.2) is 6.54 Å². The second-order valence-corrected chi connectivity index (χ2v) is 4.56. The molecule has 0 amide bonds. The maximum atomic E-state index is 13.1. The van der Waals surface area contributed by atoms with Gasteiger partial charge in [-0.25, -0.2) is 8.78 Å². The highest BCUT2D eigenvalue weighted by Crippen LogP contribution is 2.36. The van der Waals surface area contributed by atoms with Crippen LogP contribution in [0, 0.1) is 17.6 Å². The second kappa shape index (κ2) is 4.91. The topological polar surface area (TPSA) is 26.0 Å². The third-order valence-corrected chi connectivity index (χ3v) is 3.59. The zero-order chi connectivity index (χ0) is 11.5. The van der Waals surface area contributed by atoms with Gasteiger partial charge in [0.15, 0.2) is 11.6 Å². The van der Waals surface area contributed by atoms with E-state index in [0.29, 0.717) is 12.5 Å². The molecule has 1 aliphatic rings. The van der Waals surface area contributed by atoms with Crippen LogP contribution in [0.1, 0.15) is 37.2 Å². The van der Waals surface area contributed by atoms with Crippen molar-refractivity contribution < 1.29 is 8.78 Å². The molecule has 88 valence electrons. The van der Waals surface area contributed by atoms with Crippen LogP contribution in [0.15, 0.2) is 18.2 Å². The number of benzene rings is 1. The minimum atomic E-state index is -0.786. The maximum Gasteiger partial charge on any atom is 0.159 e.